The molecule has 0 saturated heterocycles. The monoisotopic (exact) mass is 439 g/mol. The first kappa shape index (κ1) is 18.9. The van der Waals surface area contributed by atoms with Crippen molar-refractivity contribution in [2.24, 2.45) is 0 Å². The van der Waals surface area contributed by atoms with Gasteiger partial charge in [-0.25, -0.2) is 8.42 Å². The molecule has 1 N–H and O–H groups in total. The Kier molecular flexibility index (Phi) is 5.09. The van der Waals surface area contributed by atoms with E-state index >= 15 is 0 Å². The van der Waals surface area contributed by atoms with Crippen LogP contribution in [0.4, 0.5) is 0 Å². The fourth-order valence-electron chi connectivity index (χ4n) is 3.07. The topological polar surface area (TPSA) is 83.9 Å². The highest BCUT2D eigenvalue weighted by atomic mass is 79.9. The number of carbonyl (C=O) groups excluding carboxylic acids is 1. The summed E-state index contributed by atoms with van der Waals surface area (Å²) in [6, 6.07) is 8.77. The van der Waals surface area contributed by atoms with Gasteiger partial charge in [-0.1, -0.05) is 28.1 Å². The Hall–Kier alpha value is -1.90. The lowest BCUT2D eigenvalue weighted by molar-refractivity contribution is -0.145. The van der Waals surface area contributed by atoms with Crippen LogP contribution in [0, 0.1) is 6.92 Å². The molecule has 138 valence electrons. The Morgan fingerprint density at radius 2 is 1.88 bits per heavy atom. The molecule has 0 aliphatic carbocycles. The Morgan fingerprint density at radius 1 is 1.23 bits per heavy atom. The van der Waals surface area contributed by atoms with Crippen LogP contribution in [-0.4, -0.2) is 37.0 Å². The number of fused-ring (bicyclic) bond motifs is 1. The van der Waals surface area contributed by atoms with Crippen LogP contribution < -0.4 is 0 Å². The number of halogens is 1. The molecule has 0 spiro atoms. The Morgan fingerprint density at radius 3 is 2.50 bits per heavy atom. The van der Waals surface area contributed by atoms with E-state index in [0.29, 0.717) is 11.1 Å². The first-order valence-corrected chi connectivity index (χ1v) is 10.1. The second-order valence-corrected chi connectivity index (χ2v) is 8.92. The van der Waals surface area contributed by atoms with Crippen LogP contribution in [-0.2, 0) is 32.5 Å². The van der Waals surface area contributed by atoms with Gasteiger partial charge in [-0.2, -0.15) is 4.31 Å². The summed E-state index contributed by atoms with van der Waals surface area (Å²) < 4.78 is 33.0. The van der Waals surface area contributed by atoms with Crippen molar-refractivity contribution in [1.82, 2.24) is 4.31 Å². The summed E-state index contributed by atoms with van der Waals surface area (Å²) in [5.41, 5.74) is 1.91. The molecule has 0 radical (unpaired) electrons. The van der Waals surface area contributed by atoms with Crippen LogP contribution >= 0.6 is 15.9 Å². The van der Waals surface area contributed by atoms with Gasteiger partial charge >= 0.3 is 5.97 Å². The van der Waals surface area contributed by atoms with Crippen LogP contribution in [0.3, 0.4) is 0 Å². The van der Waals surface area contributed by atoms with E-state index in [-0.39, 0.29) is 23.6 Å². The number of hydrogen-bond acceptors (Lipinski definition) is 5. The van der Waals surface area contributed by atoms with Crippen molar-refractivity contribution in [2.75, 3.05) is 7.11 Å². The summed E-state index contributed by atoms with van der Waals surface area (Å²) in [5.74, 6) is -0.571. The summed E-state index contributed by atoms with van der Waals surface area (Å²) in [7, 11) is -2.72. The molecule has 3 rings (SSSR count). The third kappa shape index (κ3) is 3.24. The molecule has 0 aromatic heterocycles. The zero-order valence-electron chi connectivity index (χ0n) is 14.3. The zero-order chi connectivity index (χ0) is 19.1. The van der Waals surface area contributed by atoms with Crippen LogP contribution in [0.2, 0.25) is 0 Å². The lowest BCUT2D eigenvalue weighted by atomic mass is 9.93. The summed E-state index contributed by atoms with van der Waals surface area (Å²) >= 11 is 3.28. The standard InChI is InChI=1S/C18H18BrNO5S/c1-11-3-4-12-9-16(18(22)25-2)20(10-15(12)17(11)21)26(23,24)14-7-5-13(19)6-8-14/h3-8,16,21H,9-10H2,1-2H3/t16-/m1/s1. The Balaban J connectivity index is 2.11. The third-order valence-corrected chi connectivity index (χ3v) is 6.95. The number of carbonyl (C=O) groups is 1. The van der Waals surface area contributed by atoms with Crippen molar-refractivity contribution in [3.8, 4) is 5.75 Å². The number of hydrogen-bond donors (Lipinski definition) is 1. The average Bonchev–Trinajstić information content (AvgIpc) is 2.63. The summed E-state index contributed by atoms with van der Waals surface area (Å²) in [6.07, 6.45) is 0.144. The van der Waals surface area contributed by atoms with E-state index in [4.69, 9.17) is 4.74 Å². The normalized spacial score (nSPS) is 17.6. The molecule has 26 heavy (non-hydrogen) atoms. The summed E-state index contributed by atoms with van der Waals surface area (Å²) in [4.78, 5) is 12.3. The number of nitrogens with zero attached hydrogens (tertiary/aromatic N) is 1. The maximum absolute atomic E-state index is 13.2. The van der Waals surface area contributed by atoms with Crippen molar-refractivity contribution >= 4 is 31.9 Å². The lowest BCUT2D eigenvalue weighted by Crippen LogP contribution is -2.49. The SMILES string of the molecule is COC(=O)[C@H]1Cc2ccc(C)c(O)c2CN1S(=O)(=O)c1ccc(Br)cc1. The molecule has 1 aliphatic rings. The van der Waals surface area contributed by atoms with Crippen LogP contribution in [0.15, 0.2) is 45.8 Å². The van der Waals surface area contributed by atoms with Gasteiger partial charge in [0.25, 0.3) is 0 Å². The average molecular weight is 440 g/mol. The predicted octanol–water partition coefficient (Wildman–Crippen LogP) is 2.75. The van der Waals surface area contributed by atoms with Gasteiger partial charge in [0, 0.05) is 23.0 Å². The van der Waals surface area contributed by atoms with Gasteiger partial charge in [-0.15, -0.1) is 0 Å². The lowest BCUT2D eigenvalue weighted by Gasteiger charge is -2.34. The van der Waals surface area contributed by atoms with Gasteiger partial charge in [0.15, 0.2) is 0 Å². The molecule has 1 aliphatic heterocycles. The number of methoxy groups -OCH3 is 1. The molecule has 1 heterocycles. The number of aromatic hydroxyl groups is 1. The molecule has 0 unspecified atom stereocenters. The fraction of sp³-hybridized carbons (Fsp3) is 0.278. The largest absolute Gasteiger partial charge is 0.507 e. The molecule has 0 amide bonds. The molecule has 1 atom stereocenters. The van der Waals surface area contributed by atoms with Gasteiger partial charge in [0.05, 0.1) is 12.0 Å². The minimum Gasteiger partial charge on any atom is -0.507 e. The molecule has 2 aromatic carbocycles. The van der Waals surface area contributed by atoms with Crippen molar-refractivity contribution in [2.45, 2.75) is 30.8 Å². The molecular formula is C18H18BrNO5S. The predicted molar refractivity (Wildman–Crippen MR) is 99.2 cm³/mol. The minimum absolute atomic E-state index is 0.0572. The number of esters is 1. The molecule has 0 bridgehead atoms. The van der Waals surface area contributed by atoms with E-state index in [1.165, 1.54) is 19.2 Å². The number of phenolic OH excluding ortho intramolecular Hbond substituents is 1. The van der Waals surface area contributed by atoms with Gasteiger partial charge < -0.3 is 9.84 Å². The molecule has 6 nitrogen and oxygen atoms in total. The molecular weight excluding hydrogens is 422 g/mol. The zero-order valence-corrected chi connectivity index (χ0v) is 16.7. The highest BCUT2D eigenvalue weighted by Gasteiger charge is 2.41. The second kappa shape index (κ2) is 7.02. The fourth-order valence-corrected chi connectivity index (χ4v) is 4.88. The van der Waals surface area contributed by atoms with Crippen molar-refractivity contribution in [3.05, 3.63) is 57.6 Å². The third-order valence-electron chi connectivity index (χ3n) is 4.55. The van der Waals surface area contributed by atoms with Crippen LogP contribution in [0.5, 0.6) is 5.75 Å². The number of benzene rings is 2. The maximum atomic E-state index is 13.2. The molecule has 0 saturated carbocycles. The maximum Gasteiger partial charge on any atom is 0.324 e. The van der Waals surface area contributed by atoms with Gasteiger partial charge in [0.1, 0.15) is 11.8 Å². The van der Waals surface area contributed by atoms with E-state index in [9.17, 15) is 18.3 Å². The first-order valence-electron chi connectivity index (χ1n) is 7.91. The number of rotatable bonds is 3. The highest BCUT2D eigenvalue weighted by Crippen LogP contribution is 2.35. The van der Waals surface area contributed by atoms with Crippen molar-refractivity contribution in [3.63, 3.8) is 0 Å². The van der Waals surface area contributed by atoms with Gasteiger partial charge in [-0.05, 0) is 42.3 Å². The number of phenols is 1. The number of sulfonamides is 1. The van der Waals surface area contributed by atoms with E-state index in [2.05, 4.69) is 15.9 Å². The van der Waals surface area contributed by atoms with E-state index in [0.717, 1.165) is 14.3 Å². The van der Waals surface area contributed by atoms with Gasteiger partial charge in [-0.3, -0.25) is 4.79 Å². The molecule has 8 heteroatoms. The second-order valence-electron chi connectivity index (χ2n) is 6.12. The van der Waals surface area contributed by atoms with Crippen molar-refractivity contribution < 1.29 is 23.1 Å². The van der Waals surface area contributed by atoms with Crippen molar-refractivity contribution in [1.29, 1.82) is 0 Å². The molecule has 2 aromatic rings. The highest BCUT2D eigenvalue weighted by molar-refractivity contribution is 9.10. The van der Waals surface area contributed by atoms with Gasteiger partial charge in [0.2, 0.25) is 10.0 Å². The smallest absolute Gasteiger partial charge is 0.324 e. The first-order chi connectivity index (χ1) is 12.3. The number of ether oxygens (including phenoxy) is 1. The quantitative estimate of drug-likeness (QED) is 0.743. The van der Waals surface area contributed by atoms with Crippen LogP contribution in [0.1, 0.15) is 16.7 Å². The van der Waals surface area contributed by atoms with E-state index < -0.39 is 22.0 Å². The molecule has 0 fully saturated rings. The van der Waals surface area contributed by atoms with Crippen LogP contribution in [0.25, 0.3) is 0 Å². The van der Waals surface area contributed by atoms with E-state index in [1.807, 2.05) is 6.07 Å². The summed E-state index contributed by atoms with van der Waals surface area (Å²) in [5, 5.41) is 10.4. The Labute approximate surface area is 160 Å². The Bertz CT molecular complexity index is 956. The van der Waals surface area contributed by atoms with E-state index in [1.54, 1.807) is 25.1 Å². The number of aryl methyl sites for hydroxylation is 1. The minimum atomic E-state index is -3.95. The summed E-state index contributed by atoms with van der Waals surface area (Å²) in [6.45, 7) is 1.65.